The minimum atomic E-state index is 0. The van der Waals surface area contributed by atoms with Crippen LogP contribution in [-0.2, 0) is 16.5 Å². The van der Waals surface area contributed by atoms with Gasteiger partial charge < -0.3 is 51.2 Å². The van der Waals surface area contributed by atoms with Crippen molar-refractivity contribution in [3.8, 4) is 0 Å². The molecule has 13 heteroatoms. The summed E-state index contributed by atoms with van der Waals surface area (Å²) in [6.45, 7) is 4.27. The molecule has 0 amide bonds. The second-order valence-electron chi connectivity index (χ2n) is 4.95. The van der Waals surface area contributed by atoms with Gasteiger partial charge in [0.25, 0.3) is 0 Å². The van der Waals surface area contributed by atoms with E-state index in [2.05, 4.69) is 51.6 Å². The number of hydrogen-bond acceptors (Lipinski definition) is 6. The molecule has 25 heavy (non-hydrogen) atoms. The summed E-state index contributed by atoms with van der Waals surface area (Å²) in [6, 6.07) is 0. The number of rotatable bonds is 2. The monoisotopic (exact) mass is 388 g/mol. The molecule has 0 N–H and O–H groups in total. The molecule has 12 nitrogen and oxygen atoms in total. The molecule has 1 fully saturated rings. The largest absolute Gasteiger partial charge is 2.00 e. The van der Waals surface area contributed by atoms with Gasteiger partial charge in [-0.2, -0.15) is 26.2 Å². The van der Waals surface area contributed by atoms with Gasteiger partial charge in [-0.3, -0.25) is 10.2 Å². The van der Waals surface area contributed by atoms with Gasteiger partial charge in [-0.1, -0.05) is 0 Å². The van der Waals surface area contributed by atoms with Crippen molar-refractivity contribution in [3.63, 3.8) is 0 Å². The predicted octanol–water partition coefficient (Wildman–Crippen LogP) is -0.170. The second-order valence-corrected chi connectivity index (χ2v) is 4.95. The molecular weight excluding hydrogens is 371 g/mol. The van der Waals surface area contributed by atoms with Crippen LogP contribution in [0.1, 0.15) is 0 Å². The summed E-state index contributed by atoms with van der Waals surface area (Å²) in [5.74, 6) is 1.08. The molecule has 0 saturated carbocycles. The van der Waals surface area contributed by atoms with Crippen molar-refractivity contribution in [2.45, 2.75) is 0 Å². The molecule has 0 spiro atoms. The van der Waals surface area contributed by atoms with Gasteiger partial charge in [-0.25, -0.2) is 0 Å². The van der Waals surface area contributed by atoms with Crippen LogP contribution < -0.4 is 19.8 Å². The first-order chi connectivity index (χ1) is 11.9. The normalized spacial score (nSPS) is 18.4. The SMILES string of the molecule is [Ni+2].c1nnc(N2C[N-]CC[N-]CN(c3nnc[n-]3)C[N-]CC[N-]C2)[n-]1. The maximum atomic E-state index is 4.46. The third-order valence-electron chi connectivity index (χ3n) is 3.23. The van der Waals surface area contributed by atoms with Gasteiger partial charge in [-0.05, 0) is 0 Å². The number of anilines is 2. The van der Waals surface area contributed by atoms with Crippen molar-refractivity contribution in [1.29, 1.82) is 0 Å². The minimum absolute atomic E-state index is 0. The zero-order chi connectivity index (χ0) is 16.5. The van der Waals surface area contributed by atoms with Crippen LogP contribution in [0.4, 0.5) is 11.9 Å². The van der Waals surface area contributed by atoms with Crippen molar-refractivity contribution < 1.29 is 16.5 Å². The summed E-state index contributed by atoms with van der Waals surface area (Å²) in [7, 11) is 0. The van der Waals surface area contributed by atoms with E-state index in [1.165, 1.54) is 12.7 Å². The van der Waals surface area contributed by atoms with Gasteiger partial charge in [-0.15, -0.1) is 26.7 Å². The fourth-order valence-electron chi connectivity index (χ4n) is 2.04. The van der Waals surface area contributed by atoms with E-state index >= 15 is 0 Å². The topological polar surface area (TPSA) is 143 Å². The maximum Gasteiger partial charge on any atom is 2.00 e. The molecule has 140 valence electrons. The van der Waals surface area contributed by atoms with Crippen LogP contribution in [0.5, 0.6) is 0 Å². The molecule has 2 aromatic heterocycles. The summed E-state index contributed by atoms with van der Waals surface area (Å²) in [5.41, 5.74) is 0. The van der Waals surface area contributed by atoms with Gasteiger partial charge in [0, 0.05) is 12.7 Å². The van der Waals surface area contributed by atoms with E-state index < -0.39 is 0 Å². The molecule has 0 atom stereocenters. The number of aromatic nitrogens is 6. The summed E-state index contributed by atoms with van der Waals surface area (Å²) in [4.78, 5) is 11.9. The fourth-order valence-corrected chi connectivity index (χ4v) is 2.04. The summed E-state index contributed by atoms with van der Waals surface area (Å²) in [6.07, 6.45) is 2.83. The van der Waals surface area contributed by atoms with Crippen molar-refractivity contribution in [3.05, 3.63) is 33.9 Å². The first kappa shape index (κ1) is 19.5. The van der Waals surface area contributed by atoms with Crippen LogP contribution in [0.25, 0.3) is 21.3 Å². The Balaban J connectivity index is 0.00000225. The standard InChI is InChI=1S/C12H18N12.Ni/c1-2-14-8-24(12-18-6-20-22-12)10-16-4-3-15-9-23(7-13-1)11-17-5-19-21-11;/h5-6H,1-4,7-10H2;/q-6;+2. The van der Waals surface area contributed by atoms with Gasteiger partial charge in [0.05, 0.1) is 11.9 Å². The molecule has 0 bridgehead atoms. The molecule has 3 rings (SSSR count). The van der Waals surface area contributed by atoms with Crippen LogP contribution in [0, 0.1) is 0 Å². The molecule has 0 radical (unpaired) electrons. The summed E-state index contributed by atoms with van der Waals surface area (Å²) < 4.78 is 0. The van der Waals surface area contributed by atoms with E-state index in [0.717, 1.165) is 0 Å². The van der Waals surface area contributed by atoms with Crippen molar-refractivity contribution in [2.24, 2.45) is 0 Å². The van der Waals surface area contributed by atoms with Crippen molar-refractivity contribution in [2.75, 3.05) is 62.7 Å². The second kappa shape index (κ2) is 11.0. The van der Waals surface area contributed by atoms with Crippen LogP contribution in [0.3, 0.4) is 0 Å². The third-order valence-corrected chi connectivity index (χ3v) is 3.23. The maximum absolute atomic E-state index is 4.46. The van der Waals surface area contributed by atoms with E-state index in [1.54, 1.807) is 0 Å². The minimum Gasteiger partial charge on any atom is -0.656 e. The first-order valence-electron chi connectivity index (χ1n) is 7.57. The Morgan fingerprint density at radius 3 is 1.28 bits per heavy atom. The Bertz CT molecular complexity index is 480. The van der Waals surface area contributed by atoms with Gasteiger partial charge >= 0.3 is 16.5 Å². The molecule has 1 aliphatic rings. The Labute approximate surface area is 155 Å². The summed E-state index contributed by atoms with van der Waals surface area (Å²) in [5, 5.41) is 33.2. The van der Waals surface area contributed by atoms with Crippen LogP contribution in [0.15, 0.2) is 12.7 Å². The van der Waals surface area contributed by atoms with Gasteiger partial charge in [0.15, 0.2) is 0 Å². The van der Waals surface area contributed by atoms with Gasteiger partial charge in [0.2, 0.25) is 0 Å². The molecule has 1 saturated heterocycles. The quantitative estimate of drug-likeness (QED) is 0.645. The third kappa shape index (κ3) is 6.22. The summed E-state index contributed by atoms with van der Waals surface area (Å²) >= 11 is 0. The van der Waals surface area contributed by atoms with E-state index in [0.29, 0.717) is 64.8 Å². The molecule has 1 aliphatic heterocycles. The predicted molar refractivity (Wildman–Crippen MR) is 88.0 cm³/mol. The molecule has 0 aliphatic carbocycles. The zero-order valence-corrected chi connectivity index (χ0v) is 14.5. The van der Waals surface area contributed by atoms with Crippen molar-refractivity contribution >= 4 is 11.9 Å². The Hall–Kier alpha value is -1.79. The van der Waals surface area contributed by atoms with E-state index in [9.17, 15) is 0 Å². The number of nitrogens with zero attached hydrogens (tertiary/aromatic N) is 12. The Morgan fingerprint density at radius 2 is 1.00 bits per heavy atom. The number of hydrogen-bond donors (Lipinski definition) is 0. The molecule has 0 unspecified atom stereocenters. The molecular formula is C12H18N12Ni-4. The van der Waals surface area contributed by atoms with Gasteiger partial charge in [0.1, 0.15) is 0 Å². The zero-order valence-electron chi connectivity index (χ0n) is 13.5. The fraction of sp³-hybridized carbons (Fsp3) is 0.667. The van der Waals surface area contributed by atoms with Crippen LogP contribution in [0.2, 0.25) is 0 Å². The molecule has 2 aromatic rings. The van der Waals surface area contributed by atoms with Crippen LogP contribution >= 0.6 is 0 Å². The smallest absolute Gasteiger partial charge is 0.656 e. The Morgan fingerprint density at radius 1 is 0.640 bits per heavy atom. The van der Waals surface area contributed by atoms with E-state index in [4.69, 9.17) is 0 Å². The van der Waals surface area contributed by atoms with Crippen LogP contribution in [-0.4, -0.2) is 73.2 Å². The average molecular weight is 389 g/mol. The van der Waals surface area contributed by atoms with E-state index in [-0.39, 0.29) is 16.5 Å². The van der Waals surface area contributed by atoms with Crippen molar-refractivity contribution in [1.82, 2.24) is 30.4 Å². The first-order valence-corrected chi connectivity index (χ1v) is 7.57. The van der Waals surface area contributed by atoms with E-state index in [1.807, 2.05) is 9.80 Å². The Kier molecular flexibility index (Phi) is 8.56. The average Bonchev–Trinajstić information content (AvgIpc) is 3.30. The molecule has 3 heterocycles. The molecule has 0 aromatic carbocycles.